The minimum absolute atomic E-state index is 0.0784. The van der Waals surface area contributed by atoms with E-state index in [2.05, 4.69) is 0 Å². The van der Waals surface area contributed by atoms with Crippen molar-refractivity contribution in [3.63, 3.8) is 0 Å². The molecule has 4 N–H and O–H groups in total. The molecule has 1 atom stereocenters. The number of amides is 1. The van der Waals surface area contributed by atoms with Crippen LogP contribution in [0.5, 0.6) is 0 Å². The molecule has 0 radical (unpaired) electrons. The van der Waals surface area contributed by atoms with Crippen LogP contribution >= 0.6 is 0 Å². The van der Waals surface area contributed by atoms with Crippen molar-refractivity contribution in [2.45, 2.75) is 32.1 Å². The summed E-state index contributed by atoms with van der Waals surface area (Å²) in [5.74, 6) is 0.163. The summed E-state index contributed by atoms with van der Waals surface area (Å²) < 4.78 is 0. The Bertz CT molecular complexity index is 153. The molecule has 1 amide bonds. The predicted molar refractivity (Wildman–Crippen MR) is 48.3 cm³/mol. The first kappa shape index (κ1) is 9.52. The van der Waals surface area contributed by atoms with Crippen molar-refractivity contribution in [2.75, 3.05) is 6.54 Å². The van der Waals surface area contributed by atoms with Crippen LogP contribution < -0.4 is 11.5 Å². The SMILES string of the molecule is NCC(C(N)=O)C1CCCCC1. The van der Waals surface area contributed by atoms with E-state index >= 15 is 0 Å². The second kappa shape index (κ2) is 4.45. The molecule has 3 nitrogen and oxygen atoms in total. The van der Waals surface area contributed by atoms with Crippen molar-refractivity contribution < 1.29 is 4.79 Å². The standard InChI is InChI=1S/C9H18N2O/c10-6-8(9(11)12)7-4-2-1-3-5-7/h7-8H,1-6,10H2,(H2,11,12). The highest BCUT2D eigenvalue weighted by Gasteiger charge is 2.26. The third-order valence-corrected chi connectivity index (χ3v) is 2.84. The molecule has 1 fully saturated rings. The van der Waals surface area contributed by atoms with Crippen molar-refractivity contribution in [1.82, 2.24) is 0 Å². The number of nitrogens with two attached hydrogens (primary N) is 2. The van der Waals surface area contributed by atoms with Crippen LogP contribution in [0, 0.1) is 11.8 Å². The lowest BCUT2D eigenvalue weighted by Crippen LogP contribution is -2.36. The van der Waals surface area contributed by atoms with E-state index in [9.17, 15) is 4.79 Å². The van der Waals surface area contributed by atoms with Gasteiger partial charge in [-0.2, -0.15) is 0 Å². The van der Waals surface area contributed by atoms with E-state index in [0.29, 0.717) is 12.5 Å². The first-order valence-corrected chi connectivity index (χ1v) is 4.75. The largest absolute Gasteiger partial charge is 0.369 e. The summed E-state index contributed by atoms with van der Waals surface area (Å²) in [6.45, 7) is 0.417. The van der Waals surface area contributed by atoms with Gasteiger partial charge in [0.25, 0.3) is 0 Å². The molecule has 0 heterocycles. The van der Waals surface area contributed by atoms with Crippen molar-refractivity contribution in [3.05, 3.63) is 0 Å². The lowest BCUT2D eigenvalue weighted by molar-refractivity contribution is -0.123. The molecule has 0 aromatic carbocycles. The normalized spacial score (nSPS) is 22.1. The summed E-state index contributed by atoms with van der Waals surface area (Å²) in [5.41, 5.74) is 10.8. The maximum Gasteiger partial charge on any atom is 0.222 e. The Balaban J connectivity index is 2.46. The third-order valence-electron chi connectivity index (χ3n) is 2.84. The fraction of sp³-hybridized carbons (Fsp3) is 0.889. The average Bonchev–Trinajstić information content (AvgIpc) is 2.07. The van der Waals surface area contributed by atoms with Gasteiger partial charge in [-0.1, -0.05) is 19.3 Å². The summed E-state index contributed by atoms with van der Waals surface area (Å²) in [7, 11) is 0. The highest BCUT2D eigenvalue weighted by Crippen LogP contribution is 2.29. The average molecular weight is 170 g/mol. The Kier molecular flexibility index (Phi) is 3.53. The molecule has 70 valence electrons. The van der Waals surface area contributed by atoms with Gasteiger partial charge in [0, 0.05) is 6.54 Å². The second-order valence-corrected chi connectivity index (χ2v) is 3.64. The molecular formula is C9H18N2O. The zero-order chi connectivity index (χ0) is 8.97. The quantitative estimate of drug-likeness (QED) is 0.652. The first-order valence-electron chi connectivity index (χ1n) is 4.75. The van der Waals surface area contributed by atoms with Crippen LogP contribution in [0.2, 0.25) is 0 Å². The molecule has 0 spiro atoms. The molecule has 1 aliphatic rings. The number of hydrogen-bond acceptors (Lipinski definition) is 2. The van der Waals surface area contributed by atoms with Crippen LogP contribution in [-0.4, -0.2) is 12.5 Å². The molecule has 0 bridgehead atoms. The number of carbonyl (C=O) groups excluding carboxylic acids is 1. The molecule has 12 heavy (non-hydrogen) atoms. The Labute approximate surface area is 73.5 Å². The Morgan fingerprint density at radius 1 is 1.33 bits per heavy atom. The van der Waals surface area contributed by atoms with Gasteiger partial charge in [0.1, 0.15) is 0 Å². The maximum absolute atomic E-state index is 11.0. The smallest absolute Gasteiger partial charge is 0.222 e. The fourth-order valence-corrected chi connectivity index (χ4v) is 2.08. The lowest BCUT2D eigenvalue weighted by Gasteiger charge is -2.26. The van der Waals surface area contributed by atoms with Crippen molar-refractivity contribution >= 4 is 5.91 Å². The Morgan fingerprint density at radius 2 is 1.92 bits per heavy atom. The van der Waals surface area contributed by atoms with E-state index in [1.54, 1.807) is 0 Å². The number of carbonyl (C=O) groups is 1. The number of rotatable bonds is 3. The van der Waals surface area contributed by atoms with Crippen molar-refractivity contribution in [3.8, 4) is 0 Å². The van der Waals surface area contributed by atoms with E-state index < -0.39 is 0 Å². The summed E-state index contributed by atoms with van der Waals surface area (Å²) in [5, 5.41) is 0. The minimum atomic E-state index is -0.218. The summed E-state index contributed by atoms with van der Waals surface area (Å²) >= 11 is 0. The molecule has 1 unspecified atom stereocenters. The Morgan fingerprint density at radius 3 is 2.33 bits per heavy atom. The van der Waals surface area contributed by atoms with Gasteiger partial charge in [0.05, 0.1) is 5.92 Å². The molecule has 0 aliphatic heterocycles. The topological polar surface area (TPSA) is 69.1 Å². The minimum Gasteiger partial charge on any atom is -0.369 e. The lowest BCUT2D eigenvalue weighted by atomic mass is 9.80. The highest BCUT2D eigenvalue weighted by atomic mass is 16.1. The van der Waals surface area contributed by atoms with Crippen LogP contribution in [0.15, 0.2) is 0 Å². The van der Waals surface area contributed by atoms with Gasteiger partial charge in [-0.3, -0.25) is 4.79 Å². The molecule has 0 aromatic rings. The van der Waals surface area contributed by atoms with Gasteiger partial charge in [0.15, 0.2) is 0 Å². The van der Waals surface area contributed by atoms with Crippen LogP contribution in [-0.2, 0) is 4.79 Å². The van der Waals surface area contributed by atoms with Gasteiger partial charge < -0.3 is 11.5 Å². The highest BCUT2D eigenvalue weighted by molar-refractivity contribution is 5.77. The van der Waals surface area contributed by atoms with Gasteiger partial charge >= 0.3 is 0 Å². The zero-order valence-corrected chi connectivity index (χ0v) is 7.46. The zero-order valence-electron chi connectivity index (χ0n) is 7.46. The van der Waals surface area contributed by atoms with Gasteiger partial charge in [0.2, 0.25) is 5.91 Å². The molecule has 3 heteroatoms. The Hall–Kier alpha value is -0.570. The maximum atomic E-state index is 11.0. The summed E-state index contributed by atoms with van der Waals surface area (Å²) in [6, 6.07) is 0. The van der Waals surface area contributed by atoms with E-state index in [1.165, 1.54) is 19.3 Å². The molecule has 1 aliphatic carbocycles. The van der Waals surface area contributed by atoms with Crippen LogP contribution in [0.1, 0.15) is 32.1 Å². The van der Waals surface area contributed by atoms with E-state index in [1.807, 2.05) is 0 Å². The van der Waals surface area contributed by atoms with Crippen molar-refractivity contribution in [1.29, 1.82) is 0 Å². The van der Waals surface area contributed by atoms with Crippen molar-refractivity contribution in [2.24, 2.45) is 23.3 Å². The molecule has 1 rings (SSSR count). The molecule has 1 saturated carbocycles. The fourth-order valence-electron chi connectivity index (χ4n) is 2.08. The number of hydrogen-bond donors (Lipinski definition) is 2. The number of primary amides is 1. The van der Waals surface area contributed by atoms with Gasteiger partial charge in [-0.25, -0.2) is 0 Å². The van der Waals surface area contributed by atoms with E-state index in [-0.39, 0.29) is 11.8 Å². The molecule has 0 aromatic heterocycles. The van der Waals surface area contributed by atoms with Crippen LogP contribution in [0.3, 0.4) is 0 Å². The molecule has 0 saturated heterocycles. The van der Waals surface area contributed by atoms with E-state index in [0.717, 1.165) is 12.8 Å². The van der Waals surface area contributed by atoms with Crippen LogP contribution in [0.25, 0.3) is 0 Å². The third kappa shape index (κ3) is 2.21. The first-order chi connectivity index (χ1) is 5.75. The second-order valence-electron chi connectivity index (χ2n) is 3.64. The van der Waals surface area contributed by atoms with E-state index in [4.69, 9.17) is 11.5 Å². The predicted octanol–water partition coefficient (Wildman–Crippen LogP) is 0.627. The van der Waals surface area contributed by atoms with Crippen LogP contribution in [0.4, 0.5) is 0 Å². The summed E-state index contributed by atoms with van der Waals surface area (Å²) in [6.07, 6.45) is 6.02. The monoisotopic (exact) mass is 170 g/mol. The summed E-state index contributed by atoms with van der Waals surface area (Å²) in [4.78, 5) is 11.0. The van der Waals surface area contributed by atoms with Gasteiger partial charge in [-0.15, -0.1) is 0 Å². The molecular weight excluding hydrogens is 152 g/mol. The van der Waals surface area contributed by atoms with Gasteiger partial charge in [-0.05, 0) is 18.8 Å².